The Balaban J connectivity index is 3.05. The zero-order valence-corrected chi connectivity index (χ0v) is 12.7. The molecule has 0 radical (unpaired) electrons. The molecule has 0 bridgehead atoms. The summed E-state index contributed by atoms with van der Waals surface area (Å²) in [7, 11) is 7.73. The lowest BCUT2D eigenvalue weighted by Gasteiger charge is -2.18. The van der Waals surface area contributed by atoms with E-state index in [4.69, 9.17) is 19.6 Å². The number of methoxy groups -OCH3 is 3. The van der Waals surface area contributed by atoms with Crippen LogP contribution in [0, 0.1) is 5.41 Å². The standard InChI is InChI=1S/C13H20N4O4/c1-17(2)12(14)16-13(18)15-10-8(19-3)6-7-9(20-4)11(10)21-5/h6-7H,1-5H3,(H3,14,15,16,18). The first kappa shape index (κ1) is 16.4. The third-order valence-electron chi connectivity index (χ3n) is 2.64. The van der Waals surface area contributed by atoms with E-state index >= 15 is 0 Å². The molecule has 0 saturated carbocycles. The number of carbonyl (C=O) groups is 1. The Hall–Kier alpha value is -2.64. The summed E-state index contributed by atoms with van der Waals surface area (Å²) in [6, 6.07) is 2.73. The largest absolute Gasteiger partial charge is 0.494 e. The lowest BCUT2D eigenvalue weighted by molar-refractivity contribution is 0.255. The van der Waals surface area contributed by atoms with Crippen molar-refractivity contribution in [3.63, 3.8) is 0 Å². The van der Waals surface area contributed by atoms with Crippen LogP contribution >= 0.6 is 0 Å². The number of carbonyl (C=O) groups excluding carboxylic acids is 1. The molecule has 0 aliphatic heterocycles. The molecule has 0 heterocycles. The van der Waals surface area contributed by atoms with E-state index in [1.807, 2.05) is 0 Å². The maximum Gasteiger partial charge on any atom is 0.326 e. The molecule has 8 heteroatoms. The van der Waals surface area contributed by atoms with Crippen molar-refractivity contribution in [1.82, 2.24) is 10.2 Å². The van der Waals surface area contributed by atoms with Crippen LogP contribution in [-0.2, 0) is 0 Å². The Kier molecular flexibility index (Phi) is 5.65. The normalized spacial score (nSPS) is 9.57. The molecule has 1 aromatic carbocycles. The van der Waals surface area contributed by atoms with Gasteiger partial charge in [0.05, 0.1) is 21.3 Å². The van der Waals surface area contributed by atoms with Gasteiger partial charge in [-0.25, -0.2) is 4.79 Å². The molecular weight excluding hydrogens is 276 g/mol. The average molecular weight is 296 g/mol. The number of hydrogen-bond acceptors (Lipinski definition) is 5. The van der Waals surface area contributed by atoms with E-state index < -0.39 is 6.03 Å². The monoisotopic (exact) mass is 296 g/mol. The molecule has 116 valence electrons. The van der Waals surface area contributed by atoms with Crippen LogP contribution in [0.25, 0.3) is 0 Å². The number of rotatable bonds is 4. The van der Waals surface area contributed by atoms with Crippen molar-refractivity contribution in [3.8, 4) is 17.2 Å². The minimum absolute atomic E-state index is 0.0478. The minimum Gasteiger partial charge on any atom is -0.494 e. The molecule has 1 rings (SSSR count). The fraction of sp³-hybridized carbons (Fsp3) is 0.385. The summed E-state index contributed by atoms with van der Waals surface area (Å²) in [6.45, 7) is 0. The lowest BCUT2D eigenvalue weighted by Crippen LogP contribution is -2.41. The third-order valence-corrected chi connectivity index (χ3v) is 2.64. The molecule has 0 atom stereocenters. The SMILES string of the molecule is COc1ccc(OC)c(OC)c1NC(=O)NC(=N)N(C)C. The van der Waals surface area contributed by atoms with Gasteiger partial charge in [0.15, 0.2) is 17.5 Å². The van der Waals surface area contributed by atoms with Crippen molar-refractivity contribution in [1.29, 1.82) is 5.41 Å². The summed E-state index contributed by atoms with van der Waals surface area (Å²) in [5, 5.41) is 12.6. The van der Waals surface area contributed by atoms with Crippen LogP contribution in [0.4, 0.5) is 10.5 Å². The van der Waals surface area contributed by atoms with Crippen LogP contribution in [0.2, 0.25) is 0 Å². The van der Waals surface area contributed by atoms with E-state index in [-0.39, 0.29) is 5.96 Å². The molecule has 0 aliphatic carbocycles. The van der Waals surface area contributed by atoms with Crippen LogP contribution < -0.4 is 24.8 Å². The fourth-order valence-corrected chi connectivity index (χ4v) is 1.56. The van der Waals surface area contributed by atoms with Crippen molar-refractivity contribution < 1.29 is 19.0 Å². The number of urea groups is 1. The van der Waals surface area contributed by atoms with E-state index in [1.54, 1.807) is 26.2 Å². The van der Waals surface area contributed by atoms with Gasteiger partial charge in [0, 0.05) is 14.1 Å². The first-order chi connectivity index (χ1) is 9.94. The summed E-state index contributed by atoms with van der Waals surface area (Å²) in [5.74, 6) is 1.16. The van der Waals surface area contributed by atoms with Gasteiger partial charge in [-0.15, -0.1) is 0 Å². The van der Waals surface area contributed by atoms with Crippen molar-refractivity contribution in [2.45, 2.75) is 0 Å². The summed E-state index contributed by atoms with van der Waals surface area (Å²) in [4.78, 5) is 13.4. The second-order valence-corrected chi connectivity index (χ2v) is 4.20. The van der Waals surface area contributed by atoms with E-state index in [2.05, 4.69) is 10.6 Å². The predicted octanol–water partition coefficient (Wildman–Crippen LogP) is 1.33. The van der Waals surface area contributed by atoms with Gasteiger partial charge < -0.3 is 24.4 Å². The lowest BCUT2D eigenvalue weighted by atomic mass is 10.2. The van der Waals surface area contributed by atoms with Crippen molar-refractivity contribution in [3.05, 3.63) is 12.1 Å². The summed E-state index contributed by atoms with van der Waals surface area (Å²) in [5.41, 5.74) is 0.323. The molecule has 2 amide bonds. The maximum absolute atomic E-state index is 11.9. The van der Waals surface area contributed by atoms with E-state index in [0.29, 0.717) is 22.9 Å². The first-order valence-electron chi connectivity index (χ1n) is 6.07. The molecule has 8 nitrogen and oxygen atoms in total. The van der Waals surface area contributed by atoms with Crippen LogP contribution in [0.3, 0.4) is 0 Å². The molecule has 21 heavy (non-hydrogen) atoms. The molecule has 0 aromatic heterocycles. The topological polar surface area (TPSA) is 95.9 Å². The Morgan fingerprint density at radius 3 is 2.14 bits per heavy atom. The molecule has 0 saturated heterocycles. The number of hydrogen-bond donors (Lipinski definition) is 3. The average Bonchev–Trinajstić information content (AvgIpc) is 2.46. The van der Waals surface area contributed by atoms with E-state index in [1.165, 1.54) is 26.2 Å². The van der Waals surface area contributed by atoms with Crippen LogP contribution in [0.1, 0.15) is 0 Å². The van der Waals surface area contributed by atoms with Crippen molar-refractivity contribution in [2.24, 2.45) is 0 Å². The highest BCUT2D eigenvalue weighted by atomic mass is 16.5. The Morgan fingerprint density at radius 1 is 1.10 bits per heavy atom. The van der Waals surface area contributed by atoms with Gasteiger partial charge in [-0.3, -0.25) is 10.7 Å². The second-order valence-electron chi connectivity index (χ2n) is 4.20. The number of nitrogens with one attached hydrogen (secondary N) is 3. The van der Waals surface area contributed by atoms with Crippen LogP contribution in [0.5, 0.6) is 17.2 Å². The van der Waals surface area contributed by atoms with Gasteiger partial charge in [0.1, 0.15) is 11.4 Å². The summed E-state index contributed by atoms with van der Waals surface area (Å²) in [6.07, 6.45) is 0. The Morgan fingerprint density at radius 2 is 1.67 bits per heavy atom. The minimum atomic E-state index is -0.585. The fourth-order valence-electron chi connectivity index (χ4n) is 1.56. The van der Waals surface area contributed by atoms with Gasteiger partial charge in [0.25, 0.3) is 0 Å². The maximum atomic E-state index is 11.9. The summed E-state index contributed by atoms with van der Waals surface area (Å²) >= 11 is 0. The third kappa shape index (κ3) is 3.91. The number of benzene rings is 1. The zero-order valence-electron chi connectivity index (χ0n) is 12.7. The summed E-state index contributed by atoms with van der Waals surface area (Å²) < 4.78 is 15.6. The predicted molar refractivity (Wildman–Crippen MR) is 79.7 cm³/mol. The highest BCUT2D eigenvalue weighted by Crippen LogP contribution is 2.41. The molecule has 0 fully saturated rings. The molecule has 0 spiro atoms. The molecule has 3 N–H and O–H groups in total. The molecular formula is C13H20N4O4. The molecule has 0 unspecified atom stereocenters. The number of nitrogens with zero attached hydrogens (tertiary/aromatic N) is 1. The van der Waals surface area contributed by atoms with E-state index in [9.17, 15) is 4.79 Å². The van der Waals surface area contributed by atoms with Gasteiger partial charge in [-0.2, -0.15) is 0 Å². The highest BCUT2D eigenvalue weighted by Gasteiger charge is 2.18. The quantitative estimate of drug-likeness (QED) is 0.575. The van der Waals surface area contributed by atoms with Gasteiger partial charge in [0.2, 0.25) is 0 Å². The second kappa shape index (κ2) is 7.22. The van der Waals surface area contributed by atoms with Crippen molar-refractivity contribution in [2.75, 3.05) is 40.7 Å². The number of anilines is 1. The molecule has 0 aliphatic rings. The zero-order chi connectivity index (χ0) is 16.0. The Labute approximate surface area is 123 Å². The van der Waals surface area contributed by atoms with Crippen molar-refractivity contribution >= 4 is 17.7 Å². The Bertz CT molecular complexity index is 531. The number of ether oxygens (including phenoxy) is 3. The smallest absolute Gasteiger partial charge is 0.326 e. The van der Waals surface area contributed by atoms with Crippen LogP contribution in [-0.4, -0.2) is 52.3 Å². The number of amides is 2. The molecule has 1 aromatic rings. The van der Waals surface area contributed by atoms with Gasteiger partial charge in [-0.1, -0.05) is 0 Å². The highest BCUT2D eigenvalue weighted by molar-refractivity contribution is 6.03. The van der Waals surface area contributed by atoms with Gasteiger partial charge >= 0.3 is 6.03 Å². The first-order valence-corrected chi connectivity index (χ1v) is 6.07. The van der Waals surface area contributed by atoms with Gasteiger partial charge in [-0.05, 0) is 12.1 Å². The van der Waals surface area contributed by atoms with E-state index in [0.717, 1.165) is 0 Å². The number of guanidine groups is 1. The van der Waals surface area contributed by atoms with Crippen LogP contribution in [0.15, 0.2) is 12.1 Å².